The number of likely N-dealkylation sites (N-methyl/N-ethyl adjacent to an activating group) is 1. The molecule has 0 unspecified atom stereocenters. The molecule has 0 fully saturated rings. The van der Waals surface area contributed by atoms with E-state index in [-0.39, 0.29) is 5.78 Å². The van der Waals surface area contributed by atoms with Gasteiger partial charge in [-0.15, -0.1) is 0 Å². The number of rotatable bonds is 5. The van der Waals surface area contributed by atoms with Crippen molar-refractivity contribution in [1.29, 1.82) is 0 Å². The maximum absolute atomic E-state index is 11.9. The molecule has 0 amide bonds. The van der Waals surface area contributed by atoms with E-state index in [0.717, 1.165) is 24.2 Å². The van der Waals surface area contributed by atoms with E-state index in [9.17, 15) is 4.79 Å². The summed E-state index contributed by atoms with van der Waals surface area (Å²) in [6, 6.07) is 7.78. The van der Waals surface area contributed by atoms with Gasteiger partial charge in [0.15, 0.2) is 5.78 Å². The topological polar surface area (TPSA) is 20.3 Å². The molecule has 0 aliphatic heterocycles. The Hall–Kier alpha value is -1.15. The molecule has 1 rings (SSSR count). The van der Waals surface area contributed by atoms with Gasteiger partial charge in [-0.3, -0.25) is 9.69 Å². The van der Waals surface area contributed by atoms with Crippen molar-refractivity contribution in [2.24, 2.45) is 0 Å². The maximum atomic E-state index is 11.9. The number of hydrogen-bond donors (Lipinski definition) is 0. The van der Waals surface area contributed by atoms with E-state index in [2.05, 4.69) is 18.7 Å². The zero-order chi connectivity index (χ0) is 11.3. The fourth-order valence-corrected chi connectivity index (χ4v) is 1.56. The lowest BCUT2D eigenvalue weighted by molar-refractivity contribution is 0.0937. The second-order valence-electron chi connectivity index (χ2n) is 3.75. The highest BCUT2D eigenvalue weighted by Gasteiger charge is 2.09. The second kappa shape index (κ2) is 5.66. The lowest BCUT2D eigenvalue weighted by atomic mass is 10.1. The highest BCUT2D eigenvalue weighted by Crippen LogP contribution is 2.05. The summed E-state index contributed by atoms with van der Waals surface area (Å²) in [6.07, 6.45) is 0. The molecule has 0 aliphatic carbocycles. The smallest absolute Gasteiger partial charge is 0.176 e. The highest BCUT2D eigenvalue weighted by atomic mass is 16.1. The molecule has 0 saturated carbocycles. The van der Waals surface area contributed by atoms with Crippen LogP contribution in [0.25, 0.3) is 0 Å². The zero-order valence-electron chi connectivity index (χ0n) is 9.79. The van der Waals surface area contributed by atoms with Gasteiger partial charge in [-0.2, -0.15) is 0 Å². The summed E-state index contributed by atoms with van der Waals surface area (Å²) < 4.78 is 0. The molecule has 0 heterocycles. The van der Waals surface area contributed by atoms with Gasteiger partial charge in [0.1, 0.15) is 0 Å². The first-order valence-corrected chi connectivity index (χ1v) is 5.49. The number of nitrogens with zero attached hydrogens (tertiary/aromatic N) is 1. The Morgan fingerprint density at radius 1 is 1.27 bits per heavy atom. The SMILES string of the molecule is CCN(CC)CC(=O)c1cccc(C)c1. The van der Waals surface area contributed by atoms with Crippen LogP contribution in [0.2, 0.25) is 0 Å². The molecule has 15 heavy (non-hydrogen) atoms. The largest absolute Gasteiger partial charge is 0.296 e. The van der Waals surface area contributed by atoms with Gasteiger partial charge in [0.05, 0.1) is 6.54 Å². The summed E-state index contributed by atoms with van der Waals surface area (Å²) in [5, 5.41) is 0. The molecule has 0 atom stereocenters. The van der Waals surface area contributed by atoms with Gasteiger partial charge in [-0.1, -0.05) is 37.6 Å². The Balaban J connectivity index is 2.68. The van der Waals surface area contributed by atoms with Crippen LogP contribution in [0, 0.1) is 6.92 Å². The molecule has 1 aromatic rings. The van der Waals surface area contributed by atoms with E-state index in [1.165, 1.54) is 0 Å². The molecule has 0 bridgehead atoms. The number of ketones is 1. The molecule has 2 nitrogen and oxygen atoms in total. The lowest BCUT2D eigenvalue weighted by Gasteiger charge is -2.16. The Morgan fingerprint density at radius 3 is 2.47 bits per heavy atom. The highest BCUT2D eigenvalue weighted by molar-refractivity contribution is 5.97. The third-order valence-corrected chi connectivity index (χ3v) is 2.60. The van der Waals surface area contributed by atoms with Gasteiger partial charge in [0.2, 0.25) is 0 Å². The minimum atomic E-state index is 0.211. The van der Waals surface area contributed by atoms with Crippen LogP contribution in [0.3, 0.4) is 0 Å². The van der Waals surface area contributed by atoms with Crippen LogP contribution >= 0.6 is 0 Å². The standard InChI is InChI=1S/C13H19NO/c1-4-14(5-2)10-13(15)12-8-6-7-11(3)9-12/h6-9H,4-5,10H2,1-3H3. The van der Waals surface area contributed by atoms with Crippen molar-refractivity contribution in [3.63, 3.8) is 0 Å². The van der Waals surface area contributed by atoms with E-state index < -0.39 is 0 Å². The number of carbonyl (C=O) groups is 1. The van der Waals surface area contributed by atoms with Crippen LogP contribution in [-0.2, 0) is 0 Å². The van der Waals surface area contributed by atoms with Crippen LogP contribution < -0.4 is 0 Å². The minimum absolute atomic E-state index is 0.211. The predicted molar refractivity (Wildman–Crippen MR) is 63.3 cm³/mol. The third-order valence-electron chi connectivity index (χ3n) is 2.60. The van der Waals surface area contributed by atoms with Gasteiger partial charge in [-0.05, 0) is 26.1 Å². The molecule has 1 aromatic carbocycles. The van der Waals surface area contributed by atoms with Crippen molar-refractivity contribution in [2.75, 3.05) is 19.6 Å². The molecule has 0 saturated heterocycles. The third kappa shape index (κ3) is 3.48. The summed E-state index contributed by atoms with van der Waals surface area (Å²) in [4.78, 5) is 14.0. The van der Waals surface area contributed by atoms with E-state index in [4.69, 9.17) is 0 Å². The Bertz CT molecular complexity index is 329. The summed E-state index contributed by atoms with van der Waals surface area (Å²) in [5.41, 5.74) is 1.96. The summed E-state index contributed by atoms with van der Waals surface area (Å²) in [6.45, 7) is 8.53. The van der Waals surface area contributed by atoms with Crippen molar-refractivity contribution in [3.05, 3.63) is 35.4 Å². The minimum Gasteiger partial charge on any atom is -0.296 e. The average molecular weight is 205 g/mol. The molecule has 0 spiro atoms. The Morgan fingerprint density at radius 2 is 1.93 bits per heavy atom. The van der Waals surface area contributed by atoms with Gasteiger partial charge in [0, 0.05) is 5.56 Å². The number of Topliss-reactive ketones (excluding diaryl/α,β-unsaturated/α-hetero) is 1. The maximum Gasteiger partial charge on any atom is 0.176 e. The number of carbonyl (C=O) groups excluding carboxylic acids is 1. The number of benzene rings is 1. The fourth-order valence-electron chi connectivity index (χ4n) is 1.56. The summed E-state index contributed by atoms with van der Waals surface area (Å²) in [5.74, 6) is 0.211. The fraction of sp³-hybridized carbons (Fsp3) is 0.462. The molecule has 0 radical (unpaired) electrons. The van der Waals surface area contributed by atoms with Crippen molar-refractivity contribution in [2.45, 2.75) is 20.8 Å². The van der Waals surface area contributed by atoms with Gasteiger partial charge in [0.25, 0.3) is 0 Å². The number of hydrogen-bond acceptors (Lipinski definition) is 2. The van der Waals surface area contributed by atoms with Crippen molar-refractivity contribution in [1.82, 2.24) is 4.90 Å². The van der Waals surface area contributed by atoms with E-state index in [1.807, 2.05) is 31.2 Å². The molecule has 0 aromatic heterocycles. The first-order valence-electron chi connectivity index (χ1n) is 5.49. The molecular weight excluding hydrogens is 186 g/mol. The Labute approximate surface area is 91.9 Å². The lowest BCUT2D eigenvalue weighted by Crippen LogP contribution is -2.29. The van der Waals surface area contributed by atoms with Gasteiger partial charge in [-0.25, -0.2) is 0 Å². The quantitative estimate of drug-likeness (QED) is 0.688. The van der Waals surface area contributed by atoms with Crippen LogP contribution in [0.15, 0.2) is 24.3 Å². The Kier molecular flexibility index (Phi) is 4.50. The van der Waals surface area contributed by atoms with Crippen LogP contribution in [0.1, 0.15) is 29.8 Å². The molecule has 0 aliphatic rings. The average Bonchev–Trinajstić information content (AvgIpc) is 2.25. The van der Waals surface area contributed by atoms with Crippen LogP contribution in [0.5, 0.6) is 0 Å². The van der Waals surface area contributed by atoms with Crippen LogP contribution in [-0.4, -0.2) is 30.3 Å². The second-order valence-corrected chi connectivity index (χ2v) is 3.75. The molecule has 2 heteroatoms. The summed E-state index contributed by atoms with van der Waals surface area (Å²) >= 11 is 0. The zero-order valence-corrected chi connectivity index (χ0v) is 9.79. The van der Waals surface area contributed by atoms with Crippen molar-refractivity contribution < 1.29 is 4.79 Å². The monoisotopic (exact) mass is 205 g/mol. The number of aryl methyl sites for hydroxylation is 1. The predicted octanol–water partition coefficient (Wildman–Crippen LogP) is 2.52. The van der Waals surface area contributed by atoms with E-state index in [1.54, 1.807) is 0 Å². The van der Waals surface area contributed by atoms with Crippen LogP contribution in [0.4, 0.5) is 0 Å². The first-order chi connectivity index (χ1) is 7.17. The first kappa shape index (κ1) is 11.9. The normalized spacial score (nSPS) is 10.7. The molecule has 0 N–H and O–H groups in total. The van der Waals surface area contributed by atoms with Crippen molar-refractivity contribution >= 4 is 5.78 Å². The molecule has 82 valence electrons. The molecular formula is C13H19NO. The van der Waals surface area contributed by atoms with Crippen molar-refractivity contribution in [3.8, 4) is 0 Å². The van der Waals surface area contributed by atoms with E-state index in [0.29, 0.717) is 6.54 Å². The van der Waals surface area contributed by atoms with Gasteiger partial charge < -0.3 is 0 Å². The van der Waals surface area contributed by atoms with E-state index >= 15 is 0 Å². The summed E-state index contributed by atoms with van der Waals surface area (Å²) in [7, 11) is 0. The van der Waals surface area contributed by atoms with Gasteiger partial charge >= 0.3 is 0 Å².